The van der Waals surface area contributed by atoms with Gasteiger partial charge in [-0.1, -0.05) is 26.3 Å². The maximum absolute atomic E-state index is 12.7. The normalized spacial score (nSPS) is 18.2. The standard InChI is InChI=1S/C25H42N2O5/c1-5-18(2)15-20(26)25(29)21(27-12-7-6-9-24(27)28)16-19-10-11-22(31-4)23(17-19)32-14-8-13-30-3/h10-11,17-18,20-21,25,29H,5-9,12-16,26H2,1-4H3/t18-,20-,21?,25-/m0/s1. The number of aliphatic hydroxyl groups is 1. The highest BCUT2D eigenvalue weighted by molar-refractivity contribution is 5.77. The largest absolute Gasteiger partial charge is 0.493 e. The minimum atomic E-state index is -0.792. The van der Waals surface area contributed by atoms with E-state index in [1.54, 1.807) is 14.2 Å². The lowest BCUT2D eigenvalue weighted by Gasteiger charge is -2.39. The van der Waals surface area contributed by atoms with Gasteiger partial charge in [0.1, 0.15) is 0 Å². The molecule has 7 heteroatoms. The van der Waals surface area contributed by atoms with E-state index in [9.17, 15) is 9.90 Å². The van der Waals surface area contributed by atoms with E-state index in [1.807, 2.05) is 23.1 Å². The molecule has 0 aromatic heterocycles. The van der Waals surface area contributed by atoms with Crippen molar-refractivity contribution in [1.82, 2.24) is 4.90 Å². The summed E-state index contributed by atoms with van der Waals surface area (Å²) in [7, 11) is 3.28. The molecule has 1 aromatic carbocycles. The van der Waals surface area contributed by atoms with Gasteiger partial charge in [-0.2, -0.15) is 0 Å². The van der Waals surface area contributed by atoms with Crippen LogP contribution >= 0.6 is 0 Å². The van der Waals surface area contributed by atoms with Crippen molar-refractivity contribution in [2.45, 2.75) is 77.0 Å². The average molecular weight is 451 g/mol. The van der Waals surface area contributed by atoms with Crippen molar-refractivity contribution in [2.24, 2.45) is 11.7 Å². The van der Waals surface area contributed by atoms with Crippen molar-refractivity contribution in [1.29, 1.82) is 0 Å². The second-order valence-electron chi connectivity index (χ2n) is 8.90. The van der Waals surface area contributed by atoms with E-state index in [-0.39, 0.29) is 18.0 Å². The summed E-state index contributed by atoms with van der Waals surface area (Å²) in [5, 5.41) is 11.2. The van der Waals surface area contributed by atoms with Crippen LogP contribution in [0.25, 0.3) is 0 Å². The van der Waals surface area contributed by atoms with Crippen LogP contribution in [0, 0.1) is 5.92 Å². The van der Waals surface area contributed by atoms with Gasteiger partial charge < -0.3 is 30.0 Å². The first-order valence-corrected chi connectivity index (χ1v) is 11.9. The number of aliphatic hydroxyl groups excluding tert-OH is 1. The van der Waals surface area contributed by atoms with E-state index >= 15 is 0 Å². The molecule has 1 aliphatic heterocycles. The number of nitrogens with two attached hydrogens (primary N) is 1. The van der Waals surface area contributed by atoms with Crippen molar-refractivity contribution in [2.75, 3.05) is 34.0 Å². The van der Waals surface area contributed by atoms with Gasteiger partial charge in [0.2, 0.25) is 5.91 Å². The number of likely N-dealkylation sites (tertiary alicyclic amines) is 1. The lowest BCUT2D eigenvalue weighted by Crippen LogP contribution is -2.55. The predicted octanol–water partition coefficient (Wildman–Crippen LogP) is 3.16. The third-order valence-corrected chi connectivity index (χ3v) is 6.39. The smallest absolute Gasteiger partial charge is 0.222 e. The Morgan fingerprint density at radius 2 is 1.97 bits per heavy atom. The molecule has 1 aliphatic rings. The molecule has 182 valence electrons. The summed E-state index contributed by atoms with van der Waals surface area (Å²) in [5.74, 6) is 1.83. The molecule has 1 amide bonds. The Morgan fingerprint density at radius 3 is 2.62 bits per heavy atom. The van der Waals surface area contributed by atoms with E-state index in [0.29, 0.717) is 50.0 Å². The Kier molecular flexibility index (Phi) is 11.3. The van der Waals surface area contributed by atoms with Crippen LogP contribution in [0.5, 0.6) is 11.5 Å². The molecule has 2 rings (SSSR count). The molecular formula is C25H42N2O5. The van der Waals surface area contributed by atoms with Gasteiger partial charge >= 0.3 is 0 Å². The van der Waals surface area contributed by atoms with Crippen LogP contribution in [-0.4, -0.2) is 68.1 Å². The lowest BCUT2D eigenvalue weighted by molar-refractivity contribution is -0.139. The summed E-state index contributed by atoms with van der Waals surface area (Å²) in [6.45, 7) is 6.07. The van der Waals surface area contributed by atoms with E-state index in [2.05, 4.69) is 13.8 Å². The zero-order valence-corrected chi connectivity index (χ0v) is 20.2. The molecule has 0 spiro atoms. The van der Waals surface area contributed by atoms with Gasteiger partial charge in [0.25, 0.3) is 0 Å². The molecule has 0 saturated carbocycles. The quantitative estimate of drug-likeness (QED) is 0.423. The third-order valence-electron chi connectivity index (χ3n) is 6.39. The Labute approximate surface area is 193 Å². The van der Waals surface area contributed by atoms with Crippen LogP contribution in [0.4, 0.5) is 0 Å². The highest BCUT2D eigenvalue weighted by Gasteiger charge is 2.34. The Hall–Kier alpha value is -1.83. The molecule has 7 nitrogen and oxygen atoms in total. The molecule has 3 N–H and O–H groups in total. The summed E-state index contributed by atoms with van der Waals surface area (Å²) in [6.07, 6.45) is 4.62. The Balaban J connectivity index is 2.23. The van der Waals surface area contributed by atoms with Crippen LogP contribution in [-0.2, 0) is 16.0 Å². The average Bonchev–Trinajstić information content (AvgIpc) is 2.80. The molecule has 1 unspecified atom stereocenters. The molecule has 0 bridgehead atoms. The number of benzene rings is 1. The fraction of sp³-hybridized carbons (Fsp3) is 0.720. The highest BCUT2D eigenvalue weighted by Crippen LogP contribution is 2.30. The summed E-state index contributed by atoms with van der Waals surface area (Å²) >= 11 is 0. The van der Waals surface area contributed by atoms with Crippen LogP contribution in [0.2, 0.25) is 0 Å². The van der Waals surface area contributed by atoms with Gasteiger partial charge in [-0.05, 0) is 49.3 Å². The van der Waals surface area contributed by atoms with Crippen molar-refractivity contribution in [3.8, 4) is 11.5 Å². The fourth-order valence-electron chi connectivity index (χ4n) is 4.24. The summed E-state index contributed by atoms with van der Waals surface area (Å²) in [4.78, 5) is 14.6. The number of hydrogen-bond donors (Lipinski definition) is 2. The zero-order chi connectivity index (χ0) is 23.5. The molecule has 0 radical (unpaired) electrons. The molecular weight excluding hydrogens is 408 g/mol. The minimum Gasteiger partial charge on any atom is -0.493 e. The number of ether oxygens (including phenoxy) is 3. The minimum absolute atomic E-state index is 0.0978. The van der Waals surface area contributed by atoms with Crippen LogP contribution in [0.1, 0.15) is 57.9 Å². The van der Waals surface area contributed by atoms with Gasteiger partial charge in [0.05, 0.1) is 25.9 Å². The molecule has 32 heavy (non-hydrogen) atoms. The first-order valence-electron chi connectivity index (χ1n) is 11.9. The summed E-state index contributed by atoms with van der Waals surface area (Å²) < 4.78 is 16.5. The molecule has 4 atom stereocenters. The highest BCUT2D eigenvalue weighted by atomic mass is 16.5. The number of rotatable bonds is 14. The summed E-state index contributed by atoms with van der Waals surface area (Å²) in [6, 6.07) is 5.04. The van der Waals surface area contributed by atoms with Crippen LogP contribution in [0.15, 0.2) is 18.2 Å². The molecule has 1 fully saturated rings. The van der Waals surface area contributed by atoms with Gasteiger partial charge in [-0.3, -0.25) is 4.79 Å². The van der Waals surface area contributed by atoms with E-state index in [1.165, 1.54) is 0 Å². The maximum atomic E-state index is 12.7. The van der Waals surface area contributed by atoms with E-state index < -0.39 is 6.10 Å². The Morgan fingerprint density at radius 1 is 1.19 bits per heavy atom. The molecule has 1 saturated heterocycles. The predicted molar refractivity (Wildman–Crippen MR) is 126 cm³/mol. The second kappa shape index (κ2) is 13.7. The van der Waals surface area contributed by atoms with Gasteiger partial charge in [-0.25, -0.2) is 0 Å². The van der Waals surface area contributed by atoms with Gasteiger partial charge in [-0.15, -0.1) is 0 Å². The number of hydrogen-bond acceptors (Lipinski definition) is 6. The van der Waals surface area contributed by atoms with Crippen molar-refractivity contribution >= 4 is 5.91 Å². The van der Waals surface area contributed by atoms with E-state index in [4.69, 9.17) is 19.9 Å². The molecule has 1 aromatic rings. The molecule has 0 aliphatic carbocycles. The van der Waals surface area contributed by atoms with Crippen molar-refractivity contribution in [3.05, 3.63) is 23.8 Å². The number of carbonyl (C=O) groups excluding carboxylic acids is 1. The number of nitrogens with zero attached hydrogens (tertiary/aromatic N) is 1. The van der Waals surface area contributed by atoms with Crippen LogP contribution in [0.3, 0.4) is 0 Å². The number of methoxy groups -OCH3 is 2. The topological polar surface area (TPSA) is 94.2 Å². The first kappa shape index (κ1) is 26.4. The van der Waals surface area contributed by atoms with E-state index in [0.717, 1.165) is 37.7 Å². The van der Waals surface area contributed by atoms with Crippen molar-refractivity contribution in [3.63, 3.8) is 0 Å². The molecule has 1 heterocycles. The maximum Gasteiger partial charge on any atom is 0.222 e. The monoisotopic (exact) mass is 450 g/mol. The summed E-state index contributed by atoms with van der Waals surface area (Å²) in [5.41, 5.74) is 7.40. The zero-order valence-electron chi connectivity index (χ0n) is 20.2. The number of carbonyl (C=O) groups is 1. The first-order chi connectivity index (χ1) is 15.4. The van der Waals surface area contributed by atoms with Crippen LogP contribution < -0.4 is 15.2 Å². The van der Waals surface area contributed by atoms with Crippen molar-refractivity contribution < 1.29 is 24.1 Å². The SMILES string of the molecule is CC[C@H](C)C[C@H](N)[C@H](O)C(Cc1ccc(OC)c(OCCCOC)c1)N1CCCCC1=O. The fourth-order valence-corrected chi connectivity index (χ4v) is 4.24. The second-order valence-corrected chi connectivity index (χ2v) is 8.90. The number of piperidine rings is 1. The lowest BCUT2D eigenvalue weighted by atomic mass is 9.88. The third kappa shape index (κ3) is 7.64. The Bertz CT molecular complexity index is 699. The van der Waals surface area contributed by atoms with Gasteiger partial charge in [0.15, 0.2) is 11.5 Å². The van der Waals surface area contributed by atoms with Gasteiger partial charge in [0, 0.05) is 39.1 Å². The number of amides is 1.